The molecule has 140 valence electrons. The fraction of sp³-hybridized carbons (Fsp3) is 0.316. The number of benzene rings is 1. The van der Waals surface area contributed by atoms with Gasteiger partial charge in [-0.1, -0.05) is 0 Å². The quantitative estimate of drug-likeness (QED) is 0.692. The second-order valence-corrected chi connectivity index (χ2v) is 6.91. The lowest BCUT2D eigenvalue weighted by Crippen LogP contribution is -2.37. The number of carbonyl (C=O) groups is 1. The van der Waals surface area contributed by atoms with Crippen LogP contribution < -0.4 is 5.32 Å². The van der Waals surface area contributed by atoms with Crippen molar-refractivity contribution in [2.45, 2.75) is 12.8 Å². The Labute approximate surface area is 155 Å². The Balaban J connectivity index is 1.39. The highest BCUT2D eigenvalue weighted by atomic mass is 16.4. The number of rotatable bonds is 6. The first-order valence-corrected chi connectivity index (χ1v) is 8.69. The van der Waals surface area contributed by atoms with E-state index in [4.69, 9.17) is 8.83 Å². The van der Waals surface area contributed by atoms with Gasteiger partial charge < -0.3 is 24.2 Å². The number of amides is 2. The average molecular weight is 368 g/mol. The van der Waals surface area contributed by atoms with Crippen molar-refractivity contribution in [2.75, 3.05) is 25.5 Å². The minimum atomic E-state index is -0.208. The van der Waals surface area contributed by atoms with Crippen molar-refractivity contribution in [2.24, 2.45) is 5.41 Å². The van der Waals surface area contributed by atoms with E-state index in [2.05, 4.69) is 15.5 Å². The summed E-state index contributed by atoms with van der Waals surface area (Å²) in [6, 6.07) is 10.4. The van der Waals surface area contributed by atoms with Crippen molar-refractivity contribution in [1.82, 2.24) is 15.1 Å². The van der Waals surface area contributed by atoms with E-state index in [0.717, 1.165) is 18.4 Å². The molecule has 0 bridgehead atoms. The van der Waals surface area contributed by atoms with Crippen LogP contribution in [0.25, 0.3) is 23.1 Å². The molecule has 4 rings (SSSR count). The van der Waals surface area contributed by atoms with Gasteiger partial charge in [0.1, 0.15) is 0 Å². The largest absolute Gasteiger partial charge is 0.459 e. The minimum absolute atomic E-state index is 0.112. The third-order valence-electron chi connectivity index (χ3n) is 4.75. The molecule has 1 aliphatic carbocycles. The molecule has 0 atom stereocenters. The monoisotopic (exact) mass is 368 g/mol. The van der Waals surface area contributed by atoms with E-state index in [1.54, 1.807) is 54.6 Å². The zero-order chi connectivity index (χ0) is 18.9. The van der Waals surface area contributed by atoms with Gasteiger partial charge in [-0.3, -0.25) is 0 Å². The van der Waals surface area contributed by atoms with E-state index in [0.29, 0.717) is 29.8 Å². The van der Waals surface area contributed by atoms with Gasteiger partial charge in [0.05, 0.1) is 12.9 Å². The van der Waals surface area contributed by atoms with Gasteiger partial charge in [-0.25, -0.2) is 4.79 Å². The van der Waals surface area contributed by atoms with E-state index in [1.807, 2.05) is 0 Å². The minimum Gasteiger partial charge on any atom is -0.459 e. The normalized spacial score (nSPS) is 14.7. The van der Waals surface area contributed by atoms with Gasteiger partial charge in [0, 0.05) is 30.3 Å². The number of anilines is 1. The zero-order valence-electron chi connectivity index (χ0n) is 14.9. The van der Waals surface area contributed by atoms with Crippen LogP contribution in [0, 0.1) is 5.41 Å². The second kappa shape index (κ2) is 6.88. The van der Waals surface area contributed by atoms with E-state index < -0.39 is 0 Å². The molecule has 1 aliphatic rings. The van der Waals surface area contributed by atoms with Crippen LogP contribution in [0.3, 0.4) is 0 Å². The third-order valence-corrected chi connectivity index (χ3v) is 4.75. The third kappa shape index (κ3) is 3.70. The van der Waals surface area contributed by atoms with Crippen LogP contribution in [0.5, 0.6) is 0 Å². The first-order chi connectivity index (χ1) is 13.1. The fourth-order valence-electron chi connectivity index (χ4n) is 2.87. The molecule has 1 aromatic carbocycles. The summed E-state index contributed by atoms with van der Waals surface area (Å²) >= 11 is 0. The number of carbonyl (C=O) groups excluding carboxylic acids is 1. The number of aliphatic hydroxyl groups is 1. The van der Waals surface area contributed by atoms with Crippen molar-refractivity contribution in [1.29, 1.82) is 0 Å². The Kier molecular flexibility index (Phi) is 4.41. The van der Waals surface area contributed by atoms with Gasteiger partial charge in [-0.2, -0.15) is 0 Å². The van der Waals surface area contributed by atoms with Crippen LogP contribution >= 0.6 is 0 Å². The molecule has 3 aromatic rings. The van der Waals surface area contributed by atoms with Crippen molar-refractivity contribution >= 4 is 11.7 Å². The molecule has 2 heterocycles. The summed E-state index contributed by atoms with van der Waals surface area (Å²) < 4.78 is 10.8. The first-order valence-electron chi connectivity index (χ1n) is 8.69. The van der Waals surface area contributed by atoms with Gasteiger partial charge >= 0.3 is 6.03 Å². The summed E-state index contributed by atoms with van der Waals surface area (Å²) in [7, 11) is 1.73. The molecule has 2 aromatic heterocycles. The molecule has 2 amide bonds. The molecule has 1 fully saturated rings. The second-order valence-electron chi connectivity index (χ2n) is 6.91. The molecule has 1 saturated carbocycles. The Morgan fingerprint density at radius 3 is 2.59 bits per heavy atom. The molecule has 0 unspecified atom stereocenters. The van der Waals surface area contributed by atoms with Crippen LogP contribution in [0.1, 0.15) is 12.8 Å². The predicted octanol–water partition coefficient (Wildman–Crippen LogP) is 3.23. The summed E-state index contributed by atoms with van der Waals surface area (Å²) in [4.78, 5) is 13.9. The van der Waals surface area contributed by atoms with Crippen LogP contribution in [-0.4, -0.2) is 46.4 Å². The Bertz CT molecular complexity index is 914. The van der Waals surface area contributed by atoms with Crippen LogP contribution in [-0.2, 0) is 0 Å². The van der Waals surface area contributed by atoms with E-state index in [1.165, 1.54) is 0 Å². The molecular formula is C19H20N4O4. The number of nitrogens with zero attached hydrogens (tertiary/aromatic N) is 3. The first kappa shape index (κ1) is 17.3. The number of aromatic nitrogens is 2. The van der Waals surface area contributed by atoms with Gasteiger partial charge in [0.2, 0.25) is 5.89 Å². The van der Waals surface area contributed by atoms with Crippen LogP contribution in [0.2, 0.25) is 0 Å². The van der Waals surface area contributed by atoms with Crippen molar-refractivity contribution in [3.8, 4) is 23.1 Å². The number of hydrogen-bond donors (Lipinski definition) is 2. The maximum atomic E-state index is 12.3. The van der Waals surface area contributed by atoms with Gasteiger partial charge in [0.25, 0.3) is 5.89 Å². The summed E-state index contributed by atoms with van der Waals surface area (Å²) in [5, 5.41) is 20.2. The Hall–Kier alpha value is -3.13. The topological polar surface area (TPSA) is 105 Å². The lowest BCUT2D eigenvalue weighted by Gasteiger charge is -2.22. The highest BCUT2D eigenvalue weighted by Crippen LogP contribution is 2.45. The Morgan fingerprint density at radius 1 is 1.22 bits per heavy atom. The van der Waals surface area contributed by atoms with Crippen LogP contribution in [0.15, 0.2) is 51.5 Å². The predicted molar refractivity (Wildman–Crippen MR) is 97.8 cm³/mol. The Morgan fingerprint density at radius 2 is 1.96 bits per heavy atom. The molecule has 0 saturated heterocycles. The summed E-state index contributed by atoms with van der Waals surface area (Å²) in [6.07, 6.45) is 3.46. The maximum absolute atomic E-state index is 12.3. The smallest absolute Gasteiger partial charge is 0.321 e. The highest BCUT2D eigenvalue weighted by molar-refractivity contribution is 5.89. The number of nitrogens with one attached hydrogen (secondary N) is 1. The fourth-order valence-corrected chi connectivity index (χ4v) is 2.87. The average Bonchev–Trinajstić information content (AvgIpc) is 3.08. The molecule has 0 aliphatic heterocycles. The van der Waals surface area contributed by atoms with Gasteiger partial charge in [0.15, 0.2) is 5.76 Å². The van der Waals surface area contributed by atoms with Gasteiger partial charge in [-0.15, -0.1) is 10.2 Å². The molecule has 2 N–H and O–H groups in total. The van der Waals surface area contributed by atoms with Gasteiger partial charge in [-0.05, 0) is 49.2 Å². The lowest BCUT2D eigenvalue weighted by atomic mass is 10.1. The van der Waals surface area contributed by atoms with Crippen LogP contribution in [0.4, 0.5) is 10.5 Å². The lowest BCUT2D eigenvalue weighted by molar-refractivity contribution is 0.168. The van der Waals surface area contributed by atoms with Crippen molar-refractivity contribution in [3.63, 3.8) is 0 Å². The molecule has 8 heteroatoms. The number of hydrogen-bond acceptors (Lipinski definition) is 6. The highest BCUT2D eigenvalue weighted by Gasteiger charge is 2.43. The number of furan rings is 1. The summed E-state index contributed by atoms with van der Waals surface area (Å²) in [5.74, 6) is 1.19. The molecular weight excluding hydrogens is 348 g/mol. The van der Waals surface area contributed by atoms with E-state index in [9.17, 15) is 9.90 Å². The van der Waals surface area contributed by atoms with Crippen molar-refractivity contribution < 1.29 is 18.7 Å². The molecule has 0 spiro atoms. The summed E-state index contributed by atoms with van der Waals surface area (Å²) in [6.45, 7) is 0.661. The van der Waals surface area contributed by atoms with E-state index in [-0.39, 0.29) is 18.1 Å². The van der Waals surface area contributed by atoms with Crippen molar-refractivity contribution in [3.05, 3.63) is 42.7 Å². The number of urea groups is 1. The zero-order valence-corrected chi connectivity index (χ0v) is 14.9. The number of aliphatic hydroxyl groups excluding tert-OH is 1. The standard InChI is InChI=1S/C19H20N4O4/c1-23(11-19(12-24)8-9-19)18(25)20-14-6-4-13(5-7-14)16-21-22-17(27-16)15-3-2-10-26-15/h2-7,10,24H,8-9,11-12H2,1H3,(H,20,25). The summed E-state index contributed by atoms with van der Waals surface area (Å²) in [5.41, 5.74) is 1.29. The maximum Gasteiger partial charge on any atom is 0.321 e. The SMILES string of the molecule is CN(CC1(CO)CC1)C(=O)Nc1ccc(-c2nnc(-c3ccco3)o2)cc1. The molecule has 27 heavy (non-hydrogen) atoms. The molecule has 8 nitrogen and oxygen atoms in total. The van der Waals surface area contributed by atoms with E-state index >= 15 is 0 Å². The molecule has 0 radical (unpaired) electrons.